The molecule has 21 heavy (non-hydrogen) atoms. The molecule has 0 radical (unpaired) electrons. The molecule has 5 aromatic rings. The molecule has 0 N–H and O–H groups in total. The Labute approximate surface area is 125 Å². The summed E-state index contributed by atoms with van der Waals surface area (Å²) in [6.07, 6.45) is 1.99. The average Bonchev–Trinajstić information content (AvgIpc) is 2.94. The van der Waals surface area contributed by atoms with Crippen molar-refractivity contribution in [3.8, 4) is 0 Å². The molecule has 0 saturated carbocycles. The van der Waals surface area contributed by atoms with E-state index in [1.165, 1.54) is 36.3 Å². The first kappa shape index (κ1) is 11.2. The lowest BCUT2D eigenvalue weighted by Crippen LogP contribution is -1.77. The SMILES string of the molecule is c1ccc2c(c1)ccc1c3ncc4ccccc4c3sc21. The van der Waals surface area contributed by atoms with Crippen molar-refractivity contribution in [2.45, 2.75) is 0 Å². The molecule has 0 spiro atoms. The van der Waals surface area contributed by atoms with Crippen LogP contribution in [-0.4, -0.2) is 4.98 Å². The number of nitrogens with zero attached hydrogens (tertiary/aromatic N) is 1. The van der Waals surface area contributed by atoms with Crippen molar-refractivity contribution in [2.75, 3.05) is 0 Å². The molecule has 0 aliphatic rings. The van der Waals surface area contributed by atoms with Gasteiger partial charge in [-0.05, 0) is 10.8 Å². The highest BCUT2D eigenvalue weighted by Crippen LogP contribution is 2.40. The van der Waals surface area contributed by atoms with E-state index in [1.54, 1.807) is 0 Å². The number of fused-ring (bicyclic) bond motifs is 7. The van der Waals surface area contributed by atoms with E-state index >= 15 is 0 Å². The van der Waals surface area contributed by atoms with Crippen LogP contribution in [0, 0.1) is 0 Å². The molecule has 0 atom stereocenters. The van der Waals surface area contributed by atoms with Gasteiger partial charge in [-0.25, -0.2) is 0 Å². The van der Waals surface area contributed by atoms with Crippen LogP contribution in [-0.2, 0) is 0 Å². The summed E-state index contributed by atoms with van der Waals surface area (Å²) in [6.45, 7) is 0. The number of rotatable bonds is 0. The summed E-state index contributed by atoms with van der Waals surface area (Å²) in [5.41, 5.74) is 1.12. The van der Waals surface area contributed by atoms with Gasteiger partial charge in [0, 0.05) is 27.1 Å². The molecule has 0 saturated heterocycles. The maximum Gasteiger partial charge on any atom is 0.0895 e. The zero-order chi connectivity index (χ0) is 13.8. The van der Waals surface area contributed by atoms with Crippen LogP contribution in [0.25, 0.3) is 41.8 Å². The first-order valence-corrected chi connectivity index (χ1v) is 7.81. The topological polar surface area (TPSA) is 12.9 Å². The molecule has 2 heteroatoms. The first-order chi connectivity index (χ1) is 10.4. The normalized spacial score (nSPS) is 11.8. The second-order valence-corrected chi connectivity index (χ2v) is 6.31. The van der Waals surface area contributed by atoms with Crippen LogP contribution < -0.4 is 0 Å². The van der Waals surface area contributed by atoms with Crippen molar-refractivity contribution in [2.24, 2.45) is 0 Å². The molecule has 3 aromatic carbocycles. The van der Waals surface area contributed by atoms with Gasteiger partial charge in [-0.3, -0.25) is 4.98 Å². The minimum atomic E-state index is 1.12. The van der Waals surface area contributed by atoms with Gasteiger partial charge in [-0.1, -0.05) is 60.7 Å². The molecule has 1 nitrogen and oxygen atoms in total. The summed E-state index contributed by atoms with van der Waals surface area (Å²) in [5, 5.41) is 6.39. The summed E-state index contributed by atoms with van der Waals surface area (Å²) in [7, 11) is 0. The van der Waals surface area contributed by atoms with Crippen LogP contribution in [0.4, 0.5) is 0 Å². The molecule has 0 unspecified atom stereocenters. The lowest BCUT2D eigenvalue weighted by Gasteiger charge is -1.98. The van der Waals surface area contributed by atoms with E-state index in [1.807, 2.05) is 17.5 Å². The van der Waals surface area contributed by atoms with E-state index in [4.69, 9.17) is 4.98 Å². The first-order valence-electron chi connectivity index (χ1n) is 6.99. The third-order valence-electron chi connectivity index (χ3n) is 4.09. The molecular weight excluding hydrogens is 274 g/mol. The minimum Gasteiger partial charge on any atom is -0.254 e. The largest absolute Gasteiger partial charge is 0.254 e. The van der Waals surface area contributed by atoms with Crippen LogP contribution >= 0.6 is 11.3 Å². The number of benzene rings is 3. The fourth-order valence-electron chi connectivity index (χ4n) is 3.07. The van der Waals surface area contributed by atoms with Crippen LogP contribution in [0.15, 0.2) is 66.9 Å². The highest BCUT2D eigenvalue weighted by molar-refractivity contribution is 7.27. The quantitative estimate of drug-likeness (QED) is 0.353. The molecule has 0 aliphatic carbocycles. The van der Waals surface area contributed by atoms with Crippen LogP contribution in [0.3, 0.4) is 0 Å². The third kappa shape index (κ3) is 1.48. The van der Waals surface area contributed by atoms with Gasteiger partial charge in [0.05, 0.1) is 10.2 Å². The summed E-state index contributed by atoms with van der Waals surface area (Å²) in [4.78, 5) is 4.71. The third-order valence-corrected chi connectivity index (χ3v) is 5.35. The molecule has 5 rings (SSSR count). The van der Waals surface area contributed by atoms with Gasteiger partial charge in [-0.15, -0.1) is 11.3 Å². The van der Waals surface area contributed by atoms with Crippen LogP contribution in [0.2, 0.25) is 0 Å². The molecule has 2 heterocycles. The number of hydrogen-bond donors (Lipinski definition) is 0. The summed E-state index contributed by atoms with van der Waals surface area (Å²) >= 11 is 1.86. The molecule has 2 aromatic heterocycles. The summed E-state index contributed by atoms with van der Waals surface area (Å²) in [6, 6.07) is 21.5. The zero-order valence-electron chi connectivity index (χ0n) is 11.2. The molecule has 0 aliphatic heterocycles. The van der Waals surface area contributed by atoms with Gasteiger partial charge in [0.1, 0.15) is 0 Å². The average molecular weight is 285 g/mol. The van der Waals surface area contributed by atoms with Crippen LogP contribution in [0.1, 0.15) is 0 Å². The highest BCUT2D eigenvalue weighted by atomic mass is 32.1. The Morgan fingerprint density at radius 2 is 1.33 bits per heavy atom. The van der Waals surface area contributed by atoms with E-state index < -0.39 is 0 Å². The second kappa shape index (κ2) is 4.03. The summed E-state index contributed by atoms with van der Waals surface area (Å²) < 4.78 is 2.63. The Morgan fingerprint density at radius 3 is 2.19 bits per heavy atom. The van der Waals surface area contributed by atoms with Crippen molar-refractivity contribution in [1.29, 1.82) is 0 Å². The maximum absolute atomic E-state index is 4.71. The van der Waals surface area contributed by atoms with Gasteiger partial charge in [0.25, 0.3) is 0 Å². The molecule has 0 amide bonds. The predicted octanol–water partition coefficient (Wildman–Crippen LogP) is 5.76. The predicted molar refractivity (Wildman–Crippen MR) is 92.1 cm³/mol. The van der Waals surface area contributed by atoms with E-state index in [9.17, 15) is 0 Å². The Kier molecular flexibility index (Phi) is 2.15. The smallest absolute Gasteiger partial charge is 0.0895 e. The van der Waals surface area contributed by atoms with Gasteiger partial charge in [0.2, 0.25) is 0 Å². The molecular formula is C19H11NS. The molecule has 0 fully saturated rings. The fraction of sp³-hybridized carbons (Fsp3) is 0. The second-order valence-electron chi connectivity index (χ2n) is 5.29. The zero-order valence-corrected chi connectivity index (χ0v) is 12.0. The number of pyridine rings is 1. The monoisotopic (exact) mass is 285 g/mol. The van der Waals surface area contributed by atoms with Crippen molar-refractivity contribution in [3.63, 3.8) is 0 Å². The van der Waals surface area contributed by atoms with Crippen molar-refractivity contribution in [1.82, 2.24) is 4.98 Å². The van der Waals surface area contributed by atoms with Crippen molar-refractivity contribution >= 4 is 53.2 Å². The highest BCUT2D eigenvalue weighted by Gasteiger charge is 2.11. The van der Waals surface area contributed by atoms with Crippen LogP contribution in [0.5, 0.6) is 0 Å². The van der Waals surface area contributed by atoms with Crippen molar-refractivity contribution in [3.05, 3.63) is 66.9 Å². The number of thiophene rings is 1. The standard InChI is InChI=1S/C19H11NS/c1-3-7-14-12(5-1)9-10-16-17-19(21-18(14)16)15-8-4-2-6-13(15)11-20-17/h1-11H. The van der Waals surface area contributed by atoms with Crippen molar-refractivity contribution < 1.29 is 0 Å². The van der Waals surface area contributed by atoms with Gasteiger partial charge in [-0.2, -0.15) is 0 Å². The number of hydrogen-bond acceptors (Lipinski definition) is 2. The lowest BCUT2D eigenvalue weighted by molar-refractivity contribution is 1.47. The Hall–Kier alpha value is -2.45. The van der Waals surface area contributed by atoms with Gasteiger partial charge < -0.3 is 0 Å². The van der Waals surface area contributed by atoms with E-state index in [-0.39, 0.29) is 0 Å². The Morgan fingerprint density at radius 1 is 0.619 bits per heavy atom. The Balaban J connectivity index is 2.09. The molecule has 98 valence electrons. The Bertz CT molecular complexity index is 1050. The minimum absolute atomic E-state index is 1.12. The van der Waals surface area contributed by atoms with E-state index in [0.717, 1.165) is 5.52 Å². The van der Waals surface area contributed by atoms with E-state index in [0.29, 0.717) is 0 Å². The molecule has 0 bridgehead atoms. The fourth-order valence-corrected chi connectivity index (χ4v) is 4.40. The number of aromatic nitrogens is 1. The maximum atomic E-state index is 4.71. The van der Waals surface area contributed by atoms with Gasteiger partial charge in [0.15, 0.2) is 0 Å². The lowest BCUT2D eigenvalue weighted by atomic mass is 10.1. The summed E-state index contributed by atoms with van der Waals surface area (Å²) in [5.74, 6) is 0. The van der Waals surface area contributed by atoms with Gasteiger partial charge >= 0.3 is 0 Å². The van der Waals surface area contributed by atoms with E-state index in [2.05, 4.69) is 60.7 Å².